The Labute approximate surface area is 262 Å². The van der Waals surface area contributed by atoms with Gasteiger partial charge in [0, 0.05) is 17.3 Å². The van der Waals surface area contributed by atoms with Crippen LogP contribution >= 0.6 is 34.2 Å². The molecule has 13 heteroatoms. The van der Waals surface area contributed by atoms with Crippen LogP contribution in [0.25, 0.3) is 0 Å². The van der Waals surface area contributed by atoms with Crippen molar-refractivity contribution in [3.63, 3.8) is 0 Å². The lowest BCUT2D eigenvalue weighted by Crippen LogP contribution is -2.38. The van der Waals surface area contributed by atoms with Crippen LogP contribution in [0.5, 0.6) is 23.0 Å². The van der Waals surface area contributed by atoms with Crippen molar-refractivity contribution in [3.8, 4) is 23.0 Å². The number of ether oxygens (including phenoxy) is 4. The second kappa shape index (κ2) is 16.4. The first-order valence-corrected chi connectivity index (χ1v) is 14.2. The van der Waals surface area contributed by atoms with Crippen LogP contribution in [0.2, 0.25) is 5.02 Å². The minimum Gasteiger partial charge on any atom is -0.493 e. The molecule has 0 aromatic heterocycles. The Hall–Kier alpha value is -4.04. The van der Waals surface area contributed by atoms with Crippen LogP contribution in [0.3, 0.4) is 0 Å². The highest BCUT2D eigenvalue weighted by atomic mass is 127. The average molecular weight is 709 g/mol. The second-order valence-electron chi connectivity index (χ2n) is 8.50. The Morgan fingerprint density at radius 1 is 0.929 bits per heavy atom. The third kappa shape index (κ3) is 9.80. The third-order valence-corrected chi connectivity index (χ3v) is 6.59. The Morgan fingerprint density at radius 3 is 2.36 bits per heavy atom. The quantitative estimate of drug-likeness (QED) is 0.105. The molecule has 3 rings (SSSR count). The number of methoxy groups -OCH3 is 2. The van der Waals surface area contributed by atoms with Gasteiger partial charge in [-0.1, -0.05) is 17.7 Å². The number of halogens is 2. The minimum absolute atomic E-state index is 0.237. The van der Waals surface area contributed by atoms with Gasteiger partial charge in [0.05, 0.1) is 30.6 Å². The summed E-state index contributed by atoms with van der Waals surface area (Å²) < 4.78 is 22.6. The molecular weight excluding hydrogens is 679 g/mol. The molecule has 0 aliphatic carbocycles. The first-order chi connectivity index (χ1) is 20.2. The molecule has 0 radical (unpaired) electrons. The minimum atomic E-state index is -0.912. The number of nitrogens with one attached hydrogen (secondary N) is 3. The van der Waals surface area contributed by atoms with Gasteiger partial charge >= 0.3 is 11.8 Å². The molecule has 0 saturated heterocycles. The first-order valence-electron chi connectivity index (χ1n) is 12.7. The van der Waals surface area contributed by atoms with Gasteiger partial charge in [0.2, 0.25) is 0 Å². The fourth-order valence-electron chi connectivity index (χ4n) is 3.59. The number of benzene rings is 3. The maximum Gasteiger partial charge on any atom is 0.329 e. The van der Waals surface area contributed by atoms with E-state index in [4.69, 9.17) is 30.5 Å². The molecule has 0 aliphatic heterocycles. The number of anilines is 1. The summed E-state index contributed by atoms with van der Waals surface area (Å²) in [5.74, 6) is -0.128. The molecule has 222 valence electrons. The molecule has 0 heterocycles. The second-order valence-corrected chi connectivity index (χ2v) is 10.1. The third-order valence-electron chi connectivity index (χ3n) is 5.54. The molecule has 0 saturated carbocycles. The van der Waals surface area contributed by atoms with E-state index in [9.17, 15) is 14.4 Å². The summed E-state index contributed by atoms with van der Waals surface area (Å²) in [4.78, 5) is 36.7. The van der Waals surface area contributed by atoms with E-state index in [-0.39, 0.29) is 19.1 Å². The predicted octanol–water partition coefficient (Wildman–Crippen LogP) is 4.19. The van der Waals surface area contributed by atoms with E-state index in [0.29, 0.717) is 55.9 Å². The summed E-state index contributed by atoms with van der Waals surface area (Å²) in [6, 6.07) is 15.5. The summed E-state index contributed by atoms with van der Waals surface area (Å²) in [6.07, 6.45) is 1.86. The number of hydrogen-bond acceptors (Lipinski definition) is 8. The summed E-state index contributed by atoms with van der Waals surface area (Å²) >= 11 is 7.92. The van der Waals surface area contributed by atoms with Gasteiger partial charge in [-0.25, -0.2) is 5.43 Å². The average Bonchev–Trinajstić information content (AvgIpc) is 2.97. The van der Waals surface area contributed by atoms with E-state index in [1.165, 1.54) is 6.21 Å². The molecule has 0 atom stereocenters. The molecule has 3 aromatic rings. The molecule has 0 unspecified atom stereocenters. The van der Waals surface area contributed by atoms with Gasteiger partial charge in [-0.2, -0.15) is 5.10 Å². The molecule has 0 aliphatic rings. The Balaban J connectivity index is 1.52. The molecule has 0 fully saturated rings. The molecule has 42 heavy (non-hydrogen) atoms. The molecule has 0 spiro atoms. The van der Waals surface area contributed by atoms with Crippen LogP contribution in [0.4, 0.5) is 5.69 Å². The van der Waals surface area contributed by atoms with E-state index in [1.54, 1.807) is 62.8 Å². The van der Waals surface area contributed by atoms with Crippen molar-refractivity contribution in [2.45, 2.75) is 13.3 Å². The van der Waals surface area contributed by atoms with Crippen molar-refractivity contribution in [1.29, 1.82) is 0 Å². The lowest BCUT2D eigenvalue weighted by atomic mass is 10.1. The van der Waals surface area contributed by atoms with Crippen molar-refractivity contribution in [2.24, 2.45) is 5.10 Å². The summed E-state index contributed by atoms with van der Waals surface area (Å²) in [5, 5.41) is 9.73. The lowest BCUT2D eigenvalue weighted by Gasteiger charge is -2.14. The van der Waals surface area contributed by atoms with Crippen LogP contribution in [0, 0.1) is 3.57 Å². The molecule has 11 nitrogen and oxygen atoms in total. The molecular formula is C29H30ClIN4O7. The van der Waals surface area contributed by atoms with Gasteiger partial charge in [0.15, 0.2) is 29.6 Å². The van der Waals surface area contributed by atoms with E-state index in [0.717, 1.165) is 5.56 Å². The van der Waals surface area contributed by atoms with Crippen LogP contribution in [-0.4, -0.2) is 57.9 Å². The standard InChI is InChI=1S/C29H30ClIN4O7/c1-4-41-25-15-19(13-22(31)27(25)42-17-26(36)34-21-8-6-20(30)7-9-21)16-33-35-29(38)28(37)32-12-11-18-5-10-23(39-2)24(14-18)40-3/h5-10,13-16H,4,11-12,17H2,1-3H3,(H,32,37)(H,34,36)(H,35,38)/b33-16-. The summed E-state index contributed by atoms with van der Waals surface area (Å²) in [6.45, 7) is 2.16. The normalized spacial score (nSPS) is 10.6. The molecule has 3 amide bonds. The molecule has 3 N–H and O–H groups in total. The fraction of sp³-hybridized carbons (Fsp3) is 0.241. The Morgan fingerprint density at radius 2 is 1.67 bits per heavy atom. The van der Waals surface area contributed by atoms with Crippen molar-refractivity contribution >= 4 is 63.8 Å². The highest BCUT2D eigenvalue weighted by molar-refractivity contribution is 14.1. The number of carbonyl (C=O) groups excluding carboxylic acids is 3. The number of rotatable bonds is 13. The lowest BCUT2D eigenvalue weighted by molar-refractivity contribution is -0.139. The van der Waals surface area contributed by atoms with Gasteiger partial charge in [-0.05, 0) is 95.6 Å². The topological polar surface area (TPSA) is 137 Å². The number of hydrogen-bond donors (Lipinski definition) is 3. The van der Waals surface area contributed by atoms with Gasteiger partial charge in [-0.3, -0.25) is 14.4 Å². The van der Waals surface area contributed by atoms with Crippen LogP contribution in [0.1, 0.15) is 18.1 Å². The van der Waals surface area contributed by atoms with Crippen molar-refractivity contribution in [2.75, 3.05) is 39.3 Å². The summed E-state index contributed by atoms with van der Waals surface area (Å²) in [7, 11) is 3.09. The Bertz CT molecular complexity index is 1430. The van der Waals surface area contributed by atoms with E-state index >= 15 is 0 Å². The number of carbonyl (C=O) groups is 3. The zero-order valence-corrected chi connectivity index (χ0v) is 26.1. The maximum absolute atomic E-state index is 12.4. The van der Waals surface area contributed by atoms with Crippen molar-refractivity contribution in [1.82, 2.24) is 10.7 Å². The number of nitrogens with zero attached hydrogens (tertiary/aromatic N) is 1. The monoisotopic (exact) mass is 708 g/mol. The molecule has 3 aromatic carbocycles. The SMILES string of the molecule is CCOc1cc(/C=N\NC(=O)C(=O)NCCc2ccc(OC)c(OC)c2)cc(I)c1OCC(=O)Nc1ccc(Cl)cc1. The summed E-state index contributed by atoms with van der Waals surface area (Å²) in [5.41, 5.74) is 4.28. The molecule has 0 bridgehead atoms. The van der Waals surface area contributed by atoms with Gasteiger partial charge in [-0.15, -0.1) is 0 Å². The highest BCUT2D eigenvalue weighted by Gasteiger charge is 2.15. The number of hydrazone groups is 1. The van der Waals surface area contributed by atoms with E-state index < -0.39 is 11.8 Å². The van der Waals surface area contributed by atoms with E-state index in [1.807, 2.05) is 35.6 Å². The van der Waals surface area contributed by atoms with Crippen molar-refractivity contribution in [3.05, 3.63) is 74.3 Å². The van der Waals surface area contributed by atoms with Crippen LogP contribution < -0.4 is 35.0 Å². The highest BCUT2D eigenvalue weighted by Crippen LogP contribution is 2.34. The Kier molecular flexibility index (Phi) is 12.7. The number of amides is 3. The largest absolute Gasteiger partial charge is 0.493 e. The first kappa shape index (κ1) is 32.5. The van der Waals surface area contributed by atoms with E-state index in [2.05, 4.69) is 21.2 Å². The van der Waals surface area contributed by atoms with Crippen LogP contribution in [0.15, 0.2) is 59.7 Å². The maximum atomic E-state index is 12.4. The zero-order valence-electron chi connectivity index (χ0n) is 23.2. The fourth-order valence-corrected chi connectivity index (χ4v) is 4.49. The zero-order chi connectivity index (χ0) is 30.5. The smallest absolute Gasteiger partial charge is 0.329 e. The van der Waals surface area contributed by atoms with Gasteiger partial charge < -0.3 is 29.6 Å². The van der Waals surface area contributed by atoms with Gasteiger partial charge in [0.25, 0.3) is 5.91 Å². The predicted molar refractivity (Wildman–Crippen MR) is 168 cm³/mol. The van der Waals surface area contributed by atoms with Crippen molar-refractivity contribution < 1.29 is 33.3 Å². The van der Waals surface area contributed by atoms with Crippen LogP contribution in [-0.2, 0) is 20.8 Å². The van der Waals surface area contributed by atoms with Gasteiger partial charge in [0.1, 0.15) is 0 Å².